The molecular formula is C44H61N13O4. The van der Waals surface area contributed by atoms with Crippen LogP contribution in [-0.4, -0.2) is 178 Å². The Morgan fingerprint density at radius 1 is 0.344 bits per heavy atom. The van der Waals surface area contributed by atoms with Gasteiger partial charge in [-0.25, -0.2) is 0 Å². The van der Waals surface area contributed by atoms with Gasteiger partial charge in [0.25, 0.3) is 0 Å². The third kappa shape index (κ3) is 10.1. The van der Waals surface area contributed by atoms with Crippen molar-refractivity contribution >= 4 is 52.2 Å². The van der Waals surface area contributed by atoms with Crippen LogP contribution in [0.15, 0.2) is 66.7 Å². The number of hydrogen-bond donors (Lipinski definition) is 1. The lowest BCUT2D eigenvalue weighted by molar-refractivity contribution is 0.121. The van der Waals surface area contributed by atoms with Gasteiger partial charge in [-0.2, -0.15) is 19.9 Å². The number of anilines is 9. The standard InChI is InChI=1S/C22H31N7O2.C22H30N6O2/c23-19-20(27-10-14-30-15-11-27)24-22(25-21(19)28-12-16-31-17-13-28)29-8-6-26(7-9-29)18-4-2-1-3-5-18;1-2-4-19(5-3-1)25-6-8-28(9-7-25)22-23-20(26-10-14-29-15-11-26)18-21(24-22)27-12-16-30-17-13-27/h1-5H,6-17,23H2;1-5,18H,6-17H2. The van der Waals surface area contributed by atoms with Crippen molar-refractivity contribution in [2.24, 2.45) is 0 Å². The predicted molar refractivity (Wildman–Crippen MR) is 242 cm³/mol. The molecule has 0 amide bonds. The van der Waals surface area contributed by atoms with E-state index in [1.54, 1.807) is 0 Å². The molecule has 2 aromatic carbocycles. The van der Waals surface area contributed by atoms with Crippen molar-refractivity contribution in [3.05, 3.63) is 66.7 Å². The Balaban J connectivity index is 0.000000156. The van der Waals surface area contributed by atoms with Gasteiger partial charge in [0, 0.05) is 122 Å². The van der Waals surface area contributed by atoms with Crippen molar-refractivity contribution < 1.29 is 18.9 Å². The average molecular weight is 836 g/mol. The number of hydrogen-bond acceptors (Lipinski definition) is 17. The molecule has 2 N–H and O–H groups in total. The zero-order chi connectivity index (χ0) is 41.2. The molecule has 10 rings (SSSR count). The average Bonchev–Trinajstić information content (AvgIpc) is 3.36. The SMILES string of the molecule is Nc1c(N2CCOCC2)nc(N2CCN(c3ccccc3)CC2)nc1N1CCOCC1.c1ccc(N2CCN(c3nc(N4CCOCC4)cc(N4CCOCC4)n3)CC2)cc1. The summed E-state index contributed by atoms with van der Waals surface area (Å²) >= 11 is 0. The first-order valence-electron chi connectivity index (χ1n) is 22.1. The van der Waals surface area contributed by atoms with Crippen LogP contribution in [0.5, 0.6) is 0 Å². The third-order valence-electron chi connectivity index (χ3n) is 12.2. The van der Waals surface area contributed by atoms with Crippen LogP contribution in [0, 0.1) is 0 Å². The molecule has 0 bridgehead atoms. The maximum atomic E-state index is 6.62. The van der Waals surface area contributed by atoms with E-state index in [0.717, 1.165) is 166 Å². The van der Waals surface area contributed by atoms with Gasteiger partial charge in [0.15, 0.2) is 11.6 Å². The number of nitrogen functional groups attached to an aromatic ring is 1. The summed E-state index contributed by atoms with van der Waals surface area (Å²) in [6.07, 6.45) is 0. The van der Waals surface area contributed by atoms with Crippen LogP contribution in [0.4, 0.5) is 52.2 Å². The molecule has 6 aliphatic heterocycles. The Labute approximate surface area is 359 Å². The Bertz CT molecular complexity index is 1890. The maximum Gasteiger partial charge on any atom is 0.229 e. The number of ether oxygens (including phenoxy) is 4. The normalized spacial score (nSPS) is 20.4. The van der Waals surface area contributed by atoms with Gasteiger partial charge in [0.1, 0.15) is 17.3 Å². The molecule has 0 aliphatic carbocycles. The number of para-hydroxylation sites is 2. The number of nitrogens with zero attached hydrogens (tertiary/aromatic N) is 12. The summed E-state index contributed by atoms with van der Waals surface area (Å²) in [5, 5.41) is 0. The molecule has 6 saturated heterocycles. The Kier molecular flexibility index (Phi) is 13.5. The van der Waals surface area contributed by atoms with Gasteiger partial charge in [-0.05, 0) is 24.3 Å². The quantitative estimate of drug-likeness (QED) is 0.278. The second-order valence-electron chi connectivity index (χ2n) is 16.0. The maximum absolute atomic E-state index is 6.62. The monoisotopic (exact) mass is 835 g/mol. The molecular weight excluding hydrogens is 775 g/mol. The van der Waals surface area contributed by atoms with E-state index in [4.69, 9.17) is 44.6 Å². The lowest BCUT2D eigenvalue weighted by Crippen LogP contribution is -2.47. The summed E-state index contributed by atoms with van der Waals surface area (Å²) in [4.78, 5) is 38.4. The van der Waals surface area contributed by atoms with Crippen molar-refractivity contribution in [3.63, 3.8) is 0 Å². The van der Waals surface area contributed by atoms with Crippen molar-refractivity contribution in [1.82, 2.24) is 19.9 Å². The molecule has 4 aromatic rings. The summed E-state index contributed by atoms with van der Waals surface area (Å²) in [5.74, 6) is 5.30. The first-order chi connectivity index (χ1) is 30.2. The first kappa shape index (κ1) is 41.0. The van der Waals surface area contributed by atoms with Gasteiger partial charge in [-0.3, -0.25) is 0 Å². The zero-order valence-corrected chi connectivity index (χ0v) is 35.4. The van der Waals surface area contributed by atoms with Gasteiger partial charge in [-0.15, -0.1) is 0 Å². The van der Waals surface area contributed by atoms with E-state index in [1.165, 1.54) is 11.4 Å². The van der Waals surface area contributed by atoms with Gasteiger partial charge in [0.2, 0.25) is 11.9 Å². The fraction of sp³-hybridized carbons (Fsp3) is 0.545. The Morgan fingerprint density at radius 2 is 0.656 bits per heavy atom. The van der Waals surface area contributed by atoms with E-state index >= 15 is 0 Å². The number of piperazine rings is 2. The van der Waals surface area contributed by atoms with Crippen LogP contribution < -0.4 is 44.9 Å². The van der Waals surface area contributed by atoms with Crippen molar-refractivity contribution in [2.75, 3.05) is 203 Å². The van der Waals surface area contributed by atoms with Gasteiger partial charge < -0.3 is 63.9 Å². The van der Waals surface area contributed by atoms with Gasteiger partial charge >= 0.3 is 0 Å². The van der Waals surface area contributed by atoms with E-state index in [9.17, 15) is 0 Å². The fourth-order valence-corrected chi connectivity index (χ4v) is 8.68. The molecule has 17 heteroatoms. The van der Waals surface area contributed by atoms with Crippen LogP contribution >= 0.6 is 0 Å². The van der Waals surface area contributed by atoms with Gasteiger partial charge in [0.05, 0.1) is 52.9 Å². The third-order valence-corrected chi connectivity index (χ3v) is 12.2. The minimum absolute atomic E-state index is 0.662. The van der Waals surface area contributed by atoms with Crippen LogP contribution in [0.1, 0.15) is 0 Å². The minimum Gasteiger partial charge on any atom is -0.393 e. The van der Waals surface area contributed by atoms with Crippen LogP contribution in [0.2, 0.25) is 0 Å². The molecule has 6 aliphatic rings. The highest BCUT2D eigenvalue weighted by atomic mass is 16.5. The topological polar surface area (TPSA) is 140 Å². The van der Waals surface area contributed by atoms with Crippen molar-refractivity contribution in [3.8, 4) is 0 Å². The lowest BCUT2D eigenvalue weighted by atomic mass is 10.2. The van der Waals surface area contributed by atoms with Crippen LogP contribution in [0.25, 0.3) is 0 Å². The molecule has 2 aromatic heterocycles. The van der Waals surface area contributed by atoms with E-state index in [0.29, 0.717) is 32.1 Å². The largest absolute Gasteiger partial charge is 0.393 e. The molecule has 326 valence electrons. The van der Waals surface area contributed by atoms with E-state index in [1.807, 2.05) is 0 Å². The van der Waals surface area contributed by atoms with Gasteiger partial charge in [-0.1, -0.05) is 36.4 Å². The van der Waals surface area contributed by atoms with Crippen molar-refractivity contribution in [1.29, 1.82) is 0 Å². The van der Waals surface area contributed by atoms with Crippen molar-refractivity contribution in [2.45, 2.75) is 0 Å². The Morgan fingerprint density at radius 3 is 1.02 bits per heavy atom. The number of aromatic nitrogens is 4. The molecule has 0 atom stereocenters. The molecule has 0 saturated carbocycles. The molecule has 8 heterocycles. The minimum atomic E-state index is 0.662. The summed E-state index contributed by atoms with van der Waals surface area (Å²) < 4.78 is 22.2. The second kappa shape index (κ2) is 20.0. The van der Waals surface area contributed by atoms with E-state index in [-0.39, 0.29) is 0 Å². The van der Waals surface area contributed by atoms with E-state index < -0.39 is 0 Å². The summed E-state index contributed by atoms with van der Waals surface area (Å²) in [7, 11) is 0. The lowest BCUT2D eigenvalue weighted by Gasteiger charge is -2.38. The fourth-order valence-electron chi connectivity index (χ4n) is 8.68. The highest BCUT2D eigenvalue weighted by molar-refractivity contribution is 5.78. The number of morpholine rings is 4. The molecule has 0 unspecified atom stereocenters. The number of rotatable bonds is 8. The predicted octanol–water partition coefficient (Wildman–Crippen LogP) is 2.54. The summed E-state index contributed by atoms with van der Waals surface area (Å²) in [5.41, 5.74) is 9.84. The highest BCUT2D eigenvalue weighted by Crippen LogP contribution is 2.34. The smallest absolute Gasteiger partial charge is 0.229 e. The molecule has 0 radical (unpaired) electrons. The molecule has 17 nitrogen and oxygen atoms in total. The molecule has 0 spiro atoms. The Hall–Kier alpha value is -5.36. The highest BCUT2D eigenvalue weighted by Gasteiger charge is 2.28. The zero-order valence-electron chi connectivity index (χ0n) is 35.4. The summed E-state index contributed by atoms with van der Waals surface area (Å²) in [6.45, 7) is 19.9. The van der Waals surface area contributed by atoms with Crippen LogP contribution in [0.3, 0.4) is 0 Å². The van der Waals surface area contributed by atoms with E-state index in [2.05, 4.69) is 106 Å². The first-order valence-corrected chi connectivity index (χ1v) is 22.1. The number of benzene rings is 2. The number of nitrogens with two attached hydrogens (primary N) is 1. The van der Waals surface area contributed by atoms with Crippen LogP contribution in [-0.2, 0) is 18.9 Å². The molecule has 6 fully saturated rings. The molecule has 61 heavy (non-hydrogen) atoms. The second-order valence-corrected chi connectivity index (χ2v) is 16.0. The summed E-state index contributed by atoms with van der Waals surface area (Å²) in [6, 6.07) is 23.4.